The van der Waals surface area contributed by atoms with Gasteiger partial charge in [0.05, 0.1) is 6.73 Å². The second kappa shape index (κ2) is 3.88. The average Bonchev–Trinajstić information content (AvgIpc) is 1.88. The van der Waals surface area contributed by atoms with Gasteiger partial charge in [-0.05, 0) is 19.9 Å². The molecule has 0 amide bonds. The molecule has 0 aromatic heterocycles. The number of aliphatic hydroxyl groups is 1. The predicted octanol–water partition coefficient (Wildman–Crippen LogP) is -1.22. The Morgan fingerprint density at radius 2 is 2.50 bits per heavy atom. The van der Waals surface area contributed by atoms with Gasteiger partial charge < -0.3 is 5.11 Å². The molecule has 0 aromatic carbocycles. The molecule has 0 aromatic rings. The van der Waals surface area contributed by atoms with Gasteiger partial charge in [0.1, 0.15) is 6.29 Å². The third-order valence-corrected chi connectivity index (χ3v) is 1.67. The van der Waals surface area contributed by atoms with Crippen LogP contribution in [0.1, 0.15) is 13.3 Å². The van der Waals surface area contributed by atoms with Crippen molar-refractivity contribution in [1.82, 2.24) is 16.0 Å². The van der Waals surface area contributed by atoms with Crippen molar-refractivity contribution in [2.24, 2.45) is 0 Å². The standard InChI is InChI=1S/C6H15N3O/c1-5-2-3-7-6(9-5)8-4-10/h5-10H,2-4H2,1H3. The third kappa shape index (κ3) is 2.22. The van der Waals surface area contributed by atoms with Crippen LogP contribution in [-0.4, -0.2) is 30.7 Å². The van der Waals surface area contributed by atoms with E-state index in [9.17, 15) is 0 Å². The van der Waals surface area contributed by atoms with E-state index in [1.165, 1.54) is 0 Å². The van der Waals surface area contributed by atoms with E-state index >= 15 is 0 Å². The molecule has 2 unspecified atom stereocenters. The number of aliphatic hydroxyl groups excluding tert-OH is 1. The Bertz CT molecular complexity index is 97.0. The Hall–Kier alpha value is -0.160. The first-order valence-electron chi connectivity index (χ1n) is 3.66. The largest absolute Gasteiger partial charge is 0.381 e. The SMILES string of the molecule is CC1CCNC(NCO)N1. The molecule has 4 heteroatoms. The highest BCUT2D eigenvalue weighted by Crippen LogP contribution is 1.94. The van der Waals surface area contributed by atoms with Crippen LogP contribution in [0.5, 0.6) is 0 Å². The number of nitrogens with one attached hydrogen (secondary N) is 3. The first kappa shape index (κ1) is 7.94. The highest BCUT2D eigenvalue weighted by molar-refractivity contribution is 4.73. The maximum absolute atomic E-state index is 8.51. The maximum Gasteiger partial charge on any atom is 0.113 e. The van der Waals surface area contributed by atoms with Gasteiger partial charge in [-0.2, -0.15) is 0 Å². The van der Waals surface area contributed by atoms with E-state index < -0.39 is 0 Å². The van der Waals surface area contributed by atoms with Crippen LogP contribution in [0.4, 0.5) is 0 Å². The minimum Gasteiger partial charge on any atom is -0.381 e. The van der Waals surface area contributed by atoms with Crippen LogP contribution in [0.25, 0.3) is 0 Å². The van der Waals surface area contributed by atoms with E-state index in [4.69, 9.17) is 5.11 Å². The zero-order valence-corrected chi connectivity index (χ0v) is 6.22. The molecule has 2 atom stereocenters. The molecule has 1 aliphatic rings. The molecule has 1 rings (SSSR count). The summed E-state index contributed by atoms with van der Waals surface area (Å²) in [6.07, 6.45) is 1.22. The average molecular weight is 145 g/mol. The fraction of sp³-hybridized carbons (Fsp3) is 1.00. The molecule has 1 saturated heterocycles. The molecule has 1 aliphatic heterocycles. The Labute approximate surface area is 61.0 Å². The van der Waals surface area contributed by atoms with Gasteiger partial charge >= 0.3 is 0 Å². The van der Waals surface area contributed by atoms with Gasteiger partial charge in [-0.1, -0.05) is 0 Å². The van der Waals surface area contributed by atoms with E-state index in [2.05, 4.69) is 22.9 Å². The fourth-order valence-electron chi connectivity index (χ4n) is 1.09. The Morgan fingerprint density at radius 3 is 3.10 bits per heavy atom. The van der Waals surface area contributed by atoms with E-state index in [1.807, 2.05) is 0 Å². The minimum atomic E-state index is 0.0113. The first-order chi connectivity index (χ1) is 4.83. The summed E-state index contributed by atoms with van der Waals surface area (Å²) in [6, 6.07) is 0.533. The summed E-state index contributed by atoms with van der Waals surface area (Å²) in [7, 11) is 0. The predicted molar refractivity (Wildman–Crippen MR) is 39.2 cm³/mol. The highest BCUT2D eigenvalue weighted by Gasteiger charge is 2.14. The van der Waals surface area contributed by atoms with Crippen LogP contribution in [0.3, 0.4) is 0 Å². The molecule has 60 valence electrons. The van der Waals surface area contributed by atoms with Gasteiger partial charge in [-0.15, -0.1) is 0 Å². The van der Waals surface area contributed by atoms with Crippen molar-refractivity contribution in [3.63, 3.8) is 0 Å². The lowest BCUT2D eigenvalue weighted by Crippen LogP contribution is -2.59. The van der Waals surface area contributed by atoms with Crippen LogP contribution in [-0.2, 0) is 0 Å². The van der Waals surface area contributed by atoms with Crippen molar-refractivity contribution >= 4 is 0 Å². The van der Waals surface area contributed by atoms with Gasteiger partial charge in [0.25, 0.3) is 0 Å². The van der Waals surface area contributed by atoms with Crippen LogP contribution >= 0.6 is 0 Å². The van der Waals surface area contributed by atoms with E-state index in [0.29, 0.717) is 6.04 Å². The molecule has 10 heavy (non-hydrogen) atoms. The molecule has 0 spiro atoms. The van der Waals surface area contributed by atoms with Crippen LogP contribution in [0.15, 0.2) is 0 Å². The number of hydrogen-bond donors (Lipinski definition) is 4. The molecule has 4 N–H and O–H groups in total. The number of hydrogen-bond acceptors (Lipinski definition) is 4. The summed E-state index contributed by atoms with van der Waals surface area (Å²) in [5.74, 6) is 0. The van der Waals surface area contributed by atoms with Crippen molar-refractivity contribution < 1.29 is 5.11 Å². The van der Waals surface area contributed by atoms with Crippen molar-refractivity contribution in [2.75, 3.05) is 13.3 Å². The summed E-state index contributed by atoms with van der Waals surface area (Å²) in [4.78, 5) is 0. The van der Waals surface area contributed by atoms with Crippen LogP contribution in [0.2, 0.25) is 0 Å². The third-order valence-electron chi connectivity index (χ3n) is 1.67. The van der Waals surface area contributed by atoms with E-state index in [1.54, 1.807) is 0 Å². The Balaban J connectivity index is 2.18. The quantitative estimate of drug-likeness (QED) is 0.368. The van der Waals surface area contributed by atoms with Gasteiger partial charge in [0, 0.05) is 6.04 Å². The summed E-state index contributed by atoms with van der Waals surface area (Å²) < 4.78 is 0. The maximum atomic E-state index is 8.51. The Morgan fingerprint density at radius 1 is 1.70 bits per heavy atom. The first-order valence-corrected chi connectivity index (χ1v) is 3.66. The minimum absolute atomic E-state index is 0.0113. The molecular weight excluding hydrogens is 130 g/mol. The monoisotopic (exact) mass is 145 g/mol. The van der Waals surface area contributed by atoms with Crippen molar-refractivity contribution in [3.8, 4) is 0 Å². The zero-order valence-electron chi connectivity index (χ0n) is 6.22. The molecular formula is C6H15N3O. The smallest absolute Gasteiger partial charge is 0.113 e. The topological polar surface area (TPSA) is 56.3 Å². The zero-order chi connectivity index (χ0) is 7.40. The second-order valence-corrected chi connectivity index (χ2v) is 2.61. The summed E-state index contributed by atoms with van der Waals surface area (Å²) in [5, 5.41) is 17.8. The Kier molecular flexibility index (Phi) is 3.08. The van der Waals surface area contributed by atoms with Gasteiger partial charge in [-0.25, -0.2) is 0 Å². The summed E-state index contributed by atoms with van der Waals surface area (Å²) in [6.45, 7) is 3.15. The van der Waals surface area contributed by atoms with Crippen LogP contribution in [0, 0.1) is 0 Å². The van der Waals surface area contributed by atoms with Gasteiger partial charge in [-0.3, -0.25) is 16.0 Å². The van der Waals surface area contributed by atoms with Crippen LogP contribution < -0.4 is 16.0 Å². The lowest BCUT2D eigenvalue weighted by Gasteiger charge is -2.29. The molecule has 0 saturated carbocycles. The lowest BCUT2D eigenvalue weighted by molar-refractivity contribution is 0.186. The fourth-order valence-corrected chi connectivity index (χ4v) is 1.09. The van der Waals surface area contributed by atoms with Crippen molar-refractivity contribution in [3.05, 3.63) is 0 Å². The molecule has 0 bridgehead atoms. The van der Waals surface area contributed by atoms with Crippen molar-refractivity contribution in [2.45, 2.75) is 25.7 Å². The second-order valence-electron chi connectivity index (χ2n) is 2.61. The normalized spacial score (nSPS) is 34.2. The molecule has 0 radical (unpaired) electrons. The lowest BCUT2D eigenvalue weighted by atomic mass is 10.2. The van der Waals surface area contributed by atoms with Crippen molar-refractivity contribution in [1.29, 1.82) is 0 Å². The molecule has 1 heterocycles. The van der Waals surface area contributed by atoms with Gasteiger partial charge in [0.15, 0.2) is 0 Å². The van der Waals surface area contributed by atoms with E-state index in [0.717, 1.165) is 13.0 Å². The highest BCUT2D eigenvalue weighted by atomic mass is 16.3. The van der Waals surface area contributed by atoms with E-state index in [-0.39, 0.29) is 13.0 Å². The molecule has 1 fully saturated rings. The summed E-state index contributed by atoms with van der Waals surface area (Å²) in [5.41, 5.74) is 0. The van der Waals surface area contributed by atoms with Gasteiger partial charge in [0.2, 0.25) is 0 Å². The molecule has 0 aliphatic carbocycles. The summed E-state index contributed by atoms with van der Waals surface area (Å²) >= 11 is 0. The number of rotatable bonds is 2. The molecule has 4 nitrogen and oxygen atoms in total.